The lowest BCUT2D eigenvalue weighted by atomic mass is 10.1. The van der Waals surface area contributed by atoms with E-state index in [0.29, 0.717) is 5.69 Å². The van der Waals surface area contributed by atoms with Gasteiger partial charge in [0.1, 0.15) is 5.75 Å². The molecule has 1 N–H and O–H groups in total. The molecule has 1 heterocycles. The fraction of sp³-hybridized carbons (Fsp3) is 0.100. The Bertz CT molecular complexity index is 898. The largest absolute Gasteiger partial charge is 0.496 e. The number of carbonyl (C=O) groups is 1. The average Bonchev–Trinajstić information content (AvgIpc) is 3.10. The van der Waals surface area contributed by atoms with Crippen molar-refractivity contribution in [2.45, 2.75) is 6.92 Å². The highest BCUT2D eigenvalue weighted by Gasteiger charge is 2.07. The number of carbonyl (C=O) groups excluding carboxylic acids is 1. The molecule has 0 saturated carbocycles. The van der Waals surface area contributed by atoms with E-state index in [0.717, 1.165) is 22.6 Å². The number of benzene rings is 2. The van der Waals surface area contributed by atoms with Crippen molar-refractivity contribution in [1.82, 2.24) is 9.78 Å². The summed E-state index contributed by atoms with van der Waals surface area (Å²) in [6.07, 6.45) is 4.95. The molecule has 25 heavy (non-hydrogen) atoms. The van der Waals surface area contributed by atoms with Gasteiger partial charge in [-0.2, -0.15) is 5.10 Å². The van der Waals surface area contributed by atoms with E-state index in [1.807, 2.05) is 61.5 Å². The van der Waals surface area contributed by atoms with Crippen molar-refractivity contribution < 1.29 is 9.53 Å². The van der Waals surface area contributed by atoms with Gasteiger partial charge in [-0.1, -0.05) is 36.4 Å². The second kappa shape index (κ2) is 7.49. The minimum absolute atomic E-state index is 0.212. The SMILES string of the molecule is COc1ccccc1C(C)=CC(=O)Nc1cnn(-c2ccccc2)c1. The van der Waals surface area contributed by atoms with Gasteiger partial charge >= 0.3 is 0 Å². The number of anilines is 1. The van der Waals surface area contributed by atoms with E-state index in [-0.39, 0.29) is 5.91 Å². The summed E-state index contributed by atoms with van der Waals surface area (Å²) in [6, 6.07) is 17.3. The molecule has 126 valence electrons. The molecule has 2 aromatic carbocycles. The molecule has 3 rings (SSSR count). The first-order chi connectivity index (χ1) is 12.2. The van der Waals surface area contributed by atoms with Crippen LogP contribution >= 0.6 is 0 Å². The number of aromatic nitrogens is 2. The minimum atomic E-state index is -0.212. The van der Waals surface area contributed by atoms with Crippen molar-refractivity contribution in [3.63, 3.8) is 0 Å². The first-order valence-electron chi connectivity index (χ1n) is 7.90. The van der Waals surface area contributed by atoms with Gasteiger partial charge in [0, 0.05) is 11.6 Å². The first kappa shape index (κ1) is 16.5. The Morgan fingerprint density at radius 2 is 1.84 bits per heavy atom. The predicted octanol–water partition coefficient (Wildman–Crippen LogP) is 3.92. The summed E-state index contributed by atoms with van der Waals surface area (Å²) in [5, 5.41) is 7.10. The topological polar surface area (TPSA) is 56.1 Å². The van der Waals surface area contributed by atoms with E-state index in [4.69, 9.17) is 4.74 Å². The van der Waals surface area contributed by atoms with Gasteiger partial charge in [0.05, 0.1) is 30.9 Å². The Kier molecular flexibility index (Phi) is 4.95. The molecule has 0 fully saturated rings. The second-order valence-electron chi connectivity index (χ2n) is 5.53. The molecule has 1 amide bonds. The summed E-state index contributed by atoms with van der Waals surface area (Å²) in [7, 11) is 1.62. The van der Waals surface area contributed by atoms with Crippen LogP contribution in [0.2, 0.25) is 0 Å². The summed E-state index contributed by atoms with van der Waals surface area (Å²) in [5.41, 5.74) is 3.28. The normalized spacial score (nSPS) is 11.2. The van der Waals surface area contributed by atoms with E-state index in [9.17, 15) is 4.79 Å². The van der Waals surface area contributed by atoms with Crippen LogP contribution in [-0.4, -0.2) is 22.8 Å². The number of rotatable bonds is 5. The van der Waals surface area contributed by atoms with Crippen LogP contribution in [0.4, 0.5) is 5.69 Å². The van der Waals surface area contributed by atoms with E-state index in [1.54, 1.807) is 30.3 Å². The minimum Gasteiger partial charge on any atom is -0.496 e. The molecule has 0 spiro atoms. The van der Waals surface area contributed by atoms with E-state index >= 15 is 0 Å². The van der Waals surface area contributed by atoms with Crippen molar-refractivity contribution in [3.05, 3.63) is 78.6 Å². The number of ether oxygens (including phenoxy) is 1. The Morgan fingerprint density at radius 1 is 1.12 bits per heavy atom. The highest BCUT2D eigenvalue weighted by molar-refractivity contribution is 6.04. The molecule has 5 heteroatoms. The van der Waals surface area contributed by atoms with Crippen LogP contribution in [0, 0.1) is 0 Å². The summed E-state index contributed by atoms with van der Waals surface area (Å²) < 4.78 is 7.05. The van der Waals surface area contributed by atoms with Gasteiger partial charge in [-0.15, -0.1) is 0 Å². The Morgan fingerprint density at radius 3 is 2.60 bits per heavy atom. The lowest BCUT2D eigenvalue weighted by Crippen LogP contribution is -2.08. The van der Waals surface area contributed by atoms with E-state index in [2.05, 4.69) is 10.4 Å². The highest BCUT2D eigenvalue weighted by Crippen LogP contribution is 2.25. The maximum atomic E-state index is 12.3. The zero-order chi connectivity index (χ0) is 17.6. The zero-order valence-corrected chi connectivity index (χ0v) is 14.1. The number of nitrogens with one attached hydrogen (secondary N) is 1. The molecule has 0 saturated heterocycles. The molecule has 1 aromatic heterocycles. The molecule has 0 aliphatic carbocycles. The van der Waals surface area contributed by atoms with Crippen LogP contribution in [0.5, 0.6) is 5.75 Å². The fourth-order valence-corrected chi connectivity index (χ4v) is 2.53. The van der Waals surface area contributed by atoms with Crippen LogP contribution in [0.25, 0.3) is 11.3 Å². The zero-order valence-electron chi connectivity index (χ0n) is 14.1. The van der Waals surface area contributed by atoms with Crippen molar-refractivity contribution in [2.75, 3.05) is 12.4 Å². The summed E-state index contributed by atoms with van der Waals surface area (Å²) in [5.74, 6) is 0.525. The second-order valence-corrected chi connectivity index (χ2v) is 5.53. The molecule has 0 unspecified atom stereocenters. The summed E-state index contributed by atoms with van der Waals surface area (Å²) in [4.78, 5) is 12.3. The Labute approximate surface area is 146 Å². The lowest BCUT2D eigenvalue weighted by molar-refractivity contribution is -0.111. The van der Waals surface area contributed by atoms with Gasteiger partial charge in [-0.05, 0) is 30.7 Å². The van der Waals surface area contributed by atoms with Gasteiger partial charge in [0.15, 0.2) is 0 Å². The third-order valence-electron chi connectivity index (χ3n) is 3.75. The summed E-state index contributed by atoms with van der Waals surface area (Å²) in [6.45, 7) is 1.88. The Hall–Kier alpha value is -3.34. The molecule has 0 radical (unpaired) electrons. The first-order valence-corrected chi connectivity index (χ1v) is 7.90. The average molecular weight is 333 g/mol. The van der Waals surface area contributed by atoms with Gasteiger partial charge in [-0.25, -0.2) is 4.68 Å². The number of hydrogen-bond donors (Lipinski definition) is 1. The number of methoxy groups -OCH3 is 1. The van der Waals surface area contributed by atoms with Crippen LogP contribution in [-0.2, 0) is 4.79 Å². The van der Waals surface area contributed by atoms with Crippen molar-refractivity contribution in [1.29, 1.82) is 0 Å². The van der Waals surface area contributed by atoms with Crippen LogP contribution in [0.15, 0.2) is 73.1 Å². The molecule has 0 aliphatic heterocycles. The van der Waals surface area contributed by atoms with Gasteiger partial charge in [0.2, 0.25) is 5.91 Å². The van der Waals surface area contributed by atoms with Crippen molar-refractivity contribution in [2.24, 2.45) is 0 Å². The van der Waals surface area contributed by atoms with Gasteiger partial charge in [0.25, 0.3) is 0 Å². The van der Waals surface area contributed by atoms with Crippen LogP contribution < -0.4 is 10.1 Å². The standard InChI is InChI=1S/C20H19N3O2/c1-15(18-10-6-7-11-19(18)25-2)12-20(24)22-16-13-21-23(14-16)17-8-4-3-5-9-17/h3-14H,1-2H3,(H,22,24). The quantitative estimate of drug-likeness (QED) is 0.720. The summed E-state index contributed by atoms with van der Waals surface area (Å²) >= 11 is 0. The number of nitrogens with zero attached hydrogens (tertiary/aromatic N) is 2. The molecule has 5 nitrogen and oxygen atoms in total. The predicted molar refractivity (Wildman–Crippen MR) is 98.8 cm³/mol. The molecule has 0 atom stereocenters. The smallest absolute Gasteiger partial charge is 0.248 e. The maximum absolute atomic E-state index is 12.3. The van der Waals surface area contributed by atoms with Crippen LogP contribution in [0.3, 0.4) is 0 Å². The molecular weight excluding hydrogens is 314 g/mol. The van der Waals surface area contributed by atoms with E-state index in [1.165, 1.54) is 0 Å². The third-order valence-corrected chi connectivity index (χ3v) is 3.75. The fourth-order valence-electron chi connectivity index (χ4n) is 2.53. The van der Waals surface area contributed by atoms with Crippen molar-refractivity contribution >= 4 is 17.2 Å². The molecular formula is C20H19N3O2. The van der Waals surface area contributed by atoms with Gasteiger partial charge in [-0.3, -0.25) is 4.79 Å². The molecule has 0 aliphatic rings. The number of para-hydroxylation sites is 2. The number of hydrogen-bond acceptors (Lipinski definition) is 3. The van der Waals surface area contributed by atoms with Gasteiger partial charge < -0.3 is 10.1 Å². The lowest BCUT2D eigenvalue weighted by Gasteiger charge is -2.08. The third kappa shape index (κ3) is 3.95. The maximum Gasteiger partial charge on any atom is 0.248 e. The van der Waals surface area contributed by atoms with Crippen LogP contribution in [0.1, 0.15) is 12.5 Å². The number of amides is 1. The molecule has 3 aromatic rings. The molecule has 0 bridgehead atoms. The Balaban J connectivity index is 1.73. The highest BCUT2D eigenvalue weighted by atomic mass is 16.5. The van der Waals surface area contributed by atoms with Crippen molar-refractivity contribution in [3.8, 4) is 11.4 Å². The van der Waals surface area contributed by atoms with E-state index < -0.39 is 0 Å². The monoisotopic (exact) mass is 333 g/mol. The number of allylic oxidation sites excluding steroid dienone is 1.